The first kappa shape index (κ1) is 25.7. The van der Waals surface area contributed by atoms with Crippen LogP contribution in [0.3, 0.4) is 0 Å². The molecule has 9 nitrogen and oxygen atoms in total. The average Bonchev–Trinajstić information content (AvgIpc) is 3.63. The number of methoxy groups -OCH3 is 1. The Labute approximate surface area is 228 Å². The predicted molar refractivity (Wildman–Crippen MR) is 151 cm³/mol. The lowest BCUT2D eigenvalue weighted by Crippen LogP contribution is -2.48. The Morgan fingerprint density at radius 2 is 1.82 bits per heavy atom. The van der Waals surface area contributed by atoms with Crippen molar-refractivity contribution < 1.29 is 4.74 Å². The summed E-state index contributed by atoms with van der Waals surface area (Å²) >= 11 is 0. The molecule has 0 radical (unpaired) electrons. The molecule has 6 rings (SSSR count). The fourth-order valence-electron chi connectivity index (χ4n) is 6.44. The van der Waals surface area contributed by atoms with Crippen molar-refractivity contribution in [3.05, 3.63) is 80.9 Å². The summed E-state index contributed by atoms with van der Waals surface area (Å²) in [6.07, 6.45) is 4.52. The number of ether oxygens (including phenoxy) is 1. The van der Waals surface area contributed by atoms with Gasteiger partial charge >= 0.3 is 0 Å². The van der Waals surface area contributed by atoms with Crippen molar-refractivity contribution in [2.45, 2.75) is 58.2 Å². The highest BCUT2D eigenvalue weighted by Gasteiger charge is 2.35. The van der Waals surface area contributed by atoms with Crippen molar-refractivity contribution in [1.82, 2.24) is 35.0 Å². The molecule has 4 aromatic rings. The van der Waals surface area contributed by atoms with Gasteiger partial charge in [-0.1, -0.05) is 37.1 Å². The van der Waals surface area contributed by atoms with Crippen LogP contribution >= 0.6 is 0 Å². The highest BCUT2D eigenvalue weighted by Crippen LogP contribution is 2.34. The number of pyridine rings is 1. The molecule has 204 valence electrons. The summed E-state index contributed by atoms with van der Waals surface area (Å²) in [5, 5.41) is 14.2. The zero-order valence-corrected chi connectivity index (χ0v) is 23.1. The molecule has 1 aliphatic carbocycles. The first-order valence-electron chi connectivity index (χ1n) is 14.0. The smallest absolute Gasteiger partial charge is 0.253 e. The standard InChI is InChI=1S/C30H37N7O2/c1-20-16-21(2)24-18-25(30(38)31-26(24)17-20)28(29-32-33-34-37(29)23-9-5-6-10-23)36-14-12-35(13-15-36)19-22-8-4-7-11-27(22)39-3/h4,7-8,11,16-18,23,28H,5-6,9-10,12-15,19H2,1-3H3,(H,31,38)/t28-/m1/s1. The van der Waals surface area contributed by atoms with Crippen molar-refractivity contribution in [2.24, 2.45) is 0 Å². The van der Waals surface area contributed by atoms with Crippen molar-refractivity contribution in [1.29, 1.82) is 0 Å². The fourth-order valence-corrected chi connectivity index (χ4v) is 6.44. The van der Waals surface area contributed by atoms with E-state index in [-0.39, 0.29) is 17.6 Å². The fraction of sp³-hybridized carbons (Fsp3) is 0.467. The van der Waals surface area contributed by atoms with Crippen molar-refractivity contribution >= 4 is 10.9 Å². The topological polar surface area (TPSA) is 92.2 Å². The molecule has 0 unspecified atom stereocenters. The summed E-state index contributed by atoms with van der Waals surface area (Å²) in [5.74, 6) is 1.69. The van der Waals surface area contributed by atoms with Gasteiger partial charge in [-0.05, 0) is 66.4 Å². The van der Waals surface area contributed by atoms with Gasteiger partial charge in [0, 0.05) is 54.8 Å². The van der Waals surface area contributed by atoms with Crippen LogP contribution < -0.4 is 10.3 Å². The maximum Gasteiger partial charge on any atom is 0.253 e. The summed E-state index contributed by atoms with van der Waals surface area (Å²) < 4.78 is 7.58. The van der Waals surface area contributed by atoms with Crippen LogP contribution in [-0.4, -0.2) is 68.3 Å². The molecule has 0 amide bonds. The summed E-state index contributed by atoms with van der Waals surface area (Å²) in [4.78, 5) is 21.7. The van der Waals surface area contributed by atoms with Crippen LogP contribution in [0.4, 0.5) is 0 Å². The monoisotopic (exact) mass is 527 g/mol. The molecule has 1 saturated carbocycles. The minimum Gasteiger partial charge on any atom is -0.496 e. The number of aromatic nitrogens is 5. The van der Waals surface area contributed by atoms with Gasteiger partial charge in [0.15, 0.2) is 5.82 Å². The van der Waals surface area contributed by atoms with E-state index in [9.17, 15) is 4.79 Å². The normalized spacial score (nSPS) is 18.1. The Hall–Kier alpha value is -3.56. The van der Waals surface area contributed by atoms with E-state index >= 15 is 0 Å². The third kappa shape index (κ3) is 5.08. The lowest BCUT2D eigenvalue weighted by Gasteiger charge is -2.39. The molecule has 1 saturated heterocycles. The molecule has 9 heteroatoms. The van der Waals surface area contributed by atoms with E-state index in [1.165, 1.54) is 18.4 Å². The third-order valence-electron chi connectivity index (χ3n) is 8.43. The van der Waals surface area contributed by atoms with Crippen molar-refractivity contribution in [3.63, 3.8) is 0 Å². The van der Waals surface area contributed by atoms with Gasteiger partial charge in [-0.25, -0.2) is 4.68 Å². The van der Waals surface area contributed by atoms with Crippen LogP contribution in [-0.2, 0) is 6.54 Å². The first-order valence-corrected chi connectivity index (χ1v) is 14.0. The molecule has 0 spiro atoms. The van der Waals surface area contributed by atoms with Crippen molar-refractivity contribution in [3.8, 4) is 5.75 Å². The number of aryl methyl sites for hydroxylation is 2. The first-order chi connectivity index (χ1) is 19.0. The minimum absolute atomic E-state index is 0.0741. The number of benzene rings is 2. The van der Waals surface area contributed by atoms with Gasteiger partial charge in [-0.3, -0.25) is 14.6 Å². The molecule has 3 heterocycles. The second-order valence-corrected chi connectivity index (χ2v) is 11.0. The number of piperazine rings is 1. The number of fused-ring (bicyclic) bond motifs is 1. The van der Waals surface area contributed by atoms with Crippen LogP contribution in [0.2, 0.25) is 0 Å². The van der Waals surface area contributed by atoms with Gasteiger partial charge < -0.3 is 9.72 Å². The van der Waals surface area contributed by atoms with E-state index < -0.39 is 0 Å². The van der Waals surface area contributed by atoms with Crippen molar-refractivity contribution in [2.75, 3.05) is 33.3 Å². The van der Waals surface area contributed by atoms with E-state index in [2.05, 4.69) is 68.4 Å². The van der Waals surface area contributed by atoms with Gasteiger partial charge in [-0.15, -0.1) is 5.10 Å². The zero-order chi connectivity index (χ0) is 26.9. The van der Waals surface area contributed by atoms with Gasteiger partial charge in [0.25, 0.3) is 5.56 Å². The molecule has 1 aliphatic heterocycles. The highest BCUT2D eigenvalue weighted by molar-refractivity contribution is 5.83. The molecule has 1 atom stereocenters. The number of rotatable bonds is 7. The highest BCUT2D eigenvalue weighted by atomic mass is 16.5. The Kier molecular flexibility index (Phi) is 7.18. The quantitative estimate of drug-likeness (QED) is 0.386. The van der Waals surface area contributed by atoms with E-state index in [4.69, 9.17) is 4.74 Å². The van der Waals surface area contributed by atoms with Gasteiger partial charge in [-0.2, -0.15) is 0 Å². The SMILES string of the molecule is COc1ccccc1CN1CCN([C@H](c2cc3c(C)cc(C)cc3[nH]c2=O)c2nnnn2C2CCCC2)CC1. The Morgan fingerprint density at radius 3 is 2.59 bits per heavy atom. The number of hydrogen-bond acceptors (Lipinski definition) is 7. The Bertz CT molecular complexity index is 1510. The number of para-hydroxylation sites is 1. The lowest BCUT2D eigenvalue weighted by atomic mass is 9.99. The molecule has 2 aromatic carbocycles. The molecule has 2 aromatic heterocycles. The third-order valence-corrected chi connectivity index (χ3v) is 8.43. The van der Waals surface area contributed by atoms with E-state index in [1.54, 1.807) is 7.11 Å². The largest absolute Gasteiger partial charge is 0.496 e. The van der Waals surface area contributed by atoms with E-state index in [0.29, 0.717) is 5.56 Å². The summed E-state index contributed by atoms with van der Waals surface area (Å²) in [6.45, 7) is 8.36. The lowest BCUT2D eigenvalue weighted by molar-refractivity contribution is 0.0983. The second-order valence-electron chi connectivity index (χ2n) is 11.0. The molecule has 2 aliphatic rings. The average molecular weight is 528 g/mol. The number of hydrogen-bond donors (Lipinski definition) is 1. The van der Waals surface area contributed by atoms with Gasteiger partial charge in [0.1, 0.15) is 11.8 Å². The number of tetrazole rings is 1. The molecular formula is C30H37N7O2. The van der Waals surface area contributed by atoms with E-state index in [0.717, 1.165) is 79.2 Å². The number of aromatic amines is 1. The predicted octanol–water partition coefficient (Wildman–Crippen LogP) is 4.16. The van der Waals surface area contributed by atoms with Crippen LogP contribution in [0.1, 0.15) is 65.8 Å². The van der Waals surface area contributed by atoms with Crippen LogP contribution in [0.15, 0.2) is 47.3 Å². The Morgan fingerprint density at radius 1 is 1.05 bits per heavy atom. The molecule has 2 fully saturated rings. The molecule has 0 bridgehead atoms. The molecule has 39 heavy (non-hydrogen) atoms. The molecular weight excluding hydrogens is 490 g/mol. The van der Waals surface area contributed by atoms with Crippen LogP contribution in [0.5, 0.6) is 5.75 Å². The maximum atomic E-state index is 13.7. The number of H-pyrrole nitrogens is 1. The van der Waals surface area contributed by atoms with E-state index in [1.807, 2.05) is 22.9 Å². The molecule has 1 N–H and O–H groups in total. The Balaban J connectivity index is 1.35. The minimum atomic E-state index is -0.317. The summed E-state index contributed by atoms with van der Waals surface area (Å²) in [7, 11) is 1.72. The van der Waals surface area contributed by atoms with Crippen LogP contribution in [0, 0.1) is 13.8 Å². The number of nitrogens with one attached hydrogen (secondary N) is 1. The zero-order valence-electron chi connectivity index (χ0n) is 23.1. The van der Waals surface area contributed by atoms with Crippen LogP contribution in [0.25, 0.3) is 10.9 Å². The van der Waals surface area contributed by atoms with Gasteiger partial charge in [0.05, 0.1) is 13.2 Å². The summed E-state index contributed by atoms with van der Waals surface area (Å²) in [6, 6.07) is 14.5. The van der Waals surface area contributed by atoms with Gasteiger partial charge in [0.2, 0.25) is 0 Å². The number of nitrogens with zero attached hydrogens (tertiary/aromatic N) is 6. The second kappa shape index (κ2) is 10.9. The summed E-state index contributed by atoms with van der Waals surface area (Å²) in [5.41, 5.74) is 4.98. The maximum absolute atomic E-state index is 13.7.